The fourth-order valence-corrected chi connectivity index (χ4v) is 4.95. The minimum Gasteiger partial charge on any atom is -0.497 e. The number of allylic oxidation sites excluding steroid dienone is 1. The number of nitrogens with zero attached hydrogens (tertiary/aromatic N) is 2. The van der Waals surface area contributed by atoms with Crippen molar-refractivity contribution in [1.82, 2.24) is 4.57 Å². The van der Waals surface area contributed by atoms with E-state index >= 15 is 0 Å². The Hall–Kier alpha value is -2.97. The van der Waals surface area contributed by atoms with Crippen LogP contribution in [0.2, 0.25) is 0 Å². The van der Waals surface area contributed by atoms with Crippen molar-refractivity contribution in [2.45, 2.75) is 19.9 Å². The first-order valence-electron chi connectivity index (χ1n) is 10.0. The van der Waals surface area contributed by atoms with Crippen LogP contribution in [0.5, 0.6) is 5.75 Å². The van der Waals surface area contributed by atoms with Crippen LogP contribution in [-0.4, -0.2) is 24.3 Å². The van der Waals surface area contributed by atoms with Crippen molar-refractivity contribution >= 4 is 39.3 Å². The number of rotatable bonds is 5. The summed E-state index contributed by atoms with van der Waals surface area (Å²) in [5.41, 5.74) is 2.36. The molecule has 0 aliphatic carbocycles. The summed E-state index contributed by atoms with van der Waals surface area (Å²) < 4.78 is 13.6. The summed E-state index contributed by atoms with van der Waals surface area (Å²) >= 11 is 4.74. The quantitative estimate of drug-likeness (QED) is 0.490. The Bertz CT molecular complexity index is 1390. The number of fused-ring (bicyclic) bond motifs is 1. The van der Waals surface area contributed by atoms with Crippen molar-refractivity contribution in [3.05, 3.63) is 95.1 Å². The normalized spacial score (nSPS) is 15.9. The Kier molecular flexibility index (Phi) is 6.43. The number of hydrogen-bond acceptors (Lipinski definition) is 6. The van der Waals surface area contributed by atoms with Gasteiger partial charge in [-0.1, -0.05) is 51.5 Å². The van der Waals surface area contributed by atoms with E-state index in [1.165, 1.54) is 11.3 Å². The molecule has 0 saturated carbocycles. The van der Waals surface area contributed by atoms with Crippen LogP contribution in [0.4, 0.5) is 0 Å². The monoisotopic (exact) mass is 512 g/mol. The SMILES string of the molecule is CCOC(=O)C1=C(C)N=c2s/c(=C\c3cccc(OC)c3)c(=O)n2C1c1ccc(Br)cc1. The molecule has 0 saturated heterocycles. The molecule has 1 aliphatic rings. The van der Waals surface area contributed by atoms with E-state index in [1.807, 2.05) is 54.6 Å². The second-order valence-corrected chi connectivity index (χ2v) is 9.06. The molecule has 0 amide bonds. The lowest BCUT2D eigenvalue weighted by Crippen LogP contribution is -2.39. The zero-order chi connectivity index (χ0) is 22.8. The zero-order valence-electron chi connectivity index (χ0n) is 17.8. The number of carbonyl (C=O) groups is 1. The predicted octanol–water partition coefficient (Wildman–Crippen LogP) is 3.57. The van der Waals surface area contributed by atoms with Gasteiger partial charge in [0.05, 0.1) is 35.6 Å². The average Bonchev–Trinajstić information content (AvgIpc) is 3.08. The van der Waals surface area contributed by atoms with Gasteiger partial charge >= 0.3 is 5.97 Å². The van der Waals surface area contributed by atoms with Gasteiger partial charge in [-0.15, -0.1) is 0 Å². The summed E-state index contributed by atoms with van der Waals surface area (Å²) in [6.45, 7) is 3.77. The van der Waals surface area contributed by atoms with Crippen molar-refractivity contribution in [3.8, 4) is 5.75 Å². The van der Waals surface area contributed by atoms with Gasteiger partial charge in [-0.25, -0.2) is 9.79 Å². The lowest BCUT2D eigenvalue weighted by Gasteiger charge is -2.24. The molecule has 3 aromatic rings. The molecule has 6 nitrogen and oxygen atoms in total. The largest absolute Gasteiger partial charge is 0.497 e. The maximum absolute atomic E-state index is 13.5. The molecule has 164 valence electrons. The smallest absolute Gasteiger partial charge is 0.338 e. The zero-order valence-corrected chi connectivity index (χ0v) is 20.2. The number of aromatic nitrogens is 1. The van der Waals surface area contributed by atoms with Gasteiger partial charge in [0, 0.05) is 4.47 Å². The van der Waals surface area contributed by atoms with E-state index in [1.54, 1.807) is 25.5 Å². The van der Waals surface area contributed by atoms with Gasteiger partial charge in [-0.05, 0) is 55.3 Å². The Balaban J connectivity index is 1.94. The molecule has 0 spiro atoms. The highest BCUT2D eigenvalue weighted by Crippen LogP contribution is 2.31. The number of hydrogen-bond donors (Lipinski definition) is 0. The maximum Gasteiger partial charge on any atom is 0.338 e. The van der Waals surface area contributed by atoms with Crippen LogP contribution in [0.15, 0.2) is 74.1 Å². The Morgan fingerprint density at radius 3 is 2.69 bits per heavy atom. The standard InChI is InChI=1S/C24H21BrN2O4S/c1-4-31-23(29)20-14(2)26-24-27(21(20)16-8-10-17(25)11-9-16)22(28)19(32-24)13-15-6-5-7-18(12-15)30-3/h5-13,21H,4H2,1-3H3/b19-13-. The maximum atomic E-state index is 13.5. The lowest BCUT2D eigenvalue weighted by molar-refractivity contribution is -0.139. The molecule has 2 aromatic carbocycles. The molecule has 1 unspecified atom stereocenters. The summed E-state index contributed by atoms with van der Waals surface area (Å²) in [7, 11) is 1.60. The van der Waals surface area contributed by atoms with Gasteiger partial charge in [0.25, 0.3) is 5.56 Å². The molecule has 4 rings (SSSR count). The summed E-state index contributed by atoms with van der Waals surface area (Å²) in [6, 6.07) is 14.4. The van der Waals surface area contributed by atoms with Gasteiger partial charge in [-0.3, -0.25) is 9.36 Å². The van der Waals surface area contributed by atoms with Crippen molar-refractivity contribution in [2.75, 3.05) is 13.7 Å². The van der Waals surface area contributed by atoms with Gasteiger partial charge < -0.3 is 9.47 Å². The van der Waals surface area contributed by atoms with E-state index < -0.39 is 12.0 Å². The molecular formula is C24H21BrN2O4S. The summed E-state index contributed by atoms with van der Waals surface area (Å²) in [4.78, 5) is 31.5. The van der Waals surface area contributed by atoms with Crippen LogP contribution in [0, 0.1) is 0 Å². The molecule has 1 atom stereocenters. The van der Waals surface area contributed by atoms with Crippen LogP contribution in [0.1, 0.15) is 31.0 Å². The highest BCUT2D eigenvalue weighted by Gasteiger charge is 2.33. The number of ether oxygens (including phenoxy) is 2. The van der Waals surface area contributed by atoms with Gasteiger partial charge in [0.1, 0.15) is 5.75 Å². The van der Waals surface area contributed by atoms with Crippen LogP contribution in [0.25, 0.3) is 6.08 Å². The lowest BCUT2D eigenvalue weighted by atomic mass is 9.96. The average molecular weight is 513 g/mol. The summed E-state index contributed by atoms with van der Waals surface area (Å²) in [5, 5.41) is 0. The minimum absolute atomic E-state index is 0.209. The third-order valence-electron chi connectivity index (χ3n) is 5.09. The number of halogens is 1. The molecule has 0 N–H and O–H groups in total. The summed E-state index contributed by atoms with van der Waals surface area (Å²) in [5.74, 6) is 0.239. The molecule has 0 bridgehead atoms. The molecule has 1 aromatic heterocycles. The Morgan fingerprint density at radius 2 is 2.00 bits per heavy atom. The van der Waals surface area contributed by atoms with Crippen LogP contribution < -0.4 is 19.6 Å². The van der Waals surface area contributed by atoms with Crippen molar-refractivity contribution in [1.29, 1.82) is 0 Å². The minimum atomic E-state index is -0.620. The van der Waals surface area contributed by atoms with E-state index in [2.05, 4.69) is 20.9 Å². The van der Waals surface area contributed by atoms with Gasteiger partial charge in [0.2, 0.25) is 0 Å². The van der Waals surface area contributed by atoms with Crippen molar-refractivity contribution in [2.24, 2.45) is 4.99 Å². The van der Waals surface area contributed by atoms with E-state index in [0.29, 0.717) is 26.4 Å². The first-order valence-corrected chi connectivity index (χ1v) is 11.6. The molecule has 8 heteroatoms. The van der Waals surface area contributed by atoms with E-state index in [-0.39, 0.29) is 12.2 Å². The molecule has 1 aliphatic heterocycles. The highest BCUT2D eigenvalue weighted by atomic mass is 79.9. The molecular weight excluding hydrogens is 492 g/mol. The second-order valence-electron chi connectivity index (χ2n) is 7.13. The first kappa shape index (κ1) is 22.2. The number of methoxy groups -OCH3 is 1. The Labute approximate surface area is 197 Å². The van der Waals surface area contributed by atoms with Gasteiger partial charge in [0.15, 0.2) is 4.80 Å². The fourth-order valence-electron chi connectivity index (χ4n) is 3.63. The number of esters is 1. The fraction of sp³-hybridized carbons (Fsp3) is 0.208. The molecule has 2 heterocycles. The second kappa shape index (κ2) is 9.26. The van der Waals surface area contributed by atoms with Crippen LogP contribution >= 0.6 is 27.3 Å². The highest BCUT2D eigenvalue weighted by molar-refractivity contribution is 9.10. The third-order valence-corrected chi connectivity index (χ3v) is 6.61. The topological polar surface area (TPSA) is 69.9 Å². The van der Waals surface area contributed by atoms with E-state index in [0.717, 1.165) is 15.6 Å². The number of benzene rings is 2. The third kappa shape index (κ3) is 4.20. The van der Waals surface area contributed by atoms with Gasteiger partial charge in [-0.2, -0.15) is 0 Å². The van der Waals surface area contributed by atoms with Crippen LogP contribution in [0.3, 0.4) is 0 Å². The van der Waals surface area contributed by atoms with E-state index in [9.17, 15) is 9.59 Å². The molecule has 0 radical (unpaired) electrons. The summed E-state index contributed by atoms with van der Waals surface area (Å²) in [6.07, 6.45) is 1.81. The number of thiazole rings is 1. The first-order chi connectivity index (χ1) is 15.4. The molecule has 32 heavy (non-hydrogen) atoms. The predicted molar refractivity (Wildman–Crippen MR) is 128 cm³/mol. The van der Waals surface area contributed by atoms with Crippen molar-refractivity contribution < 1.29 is 14.3 Å². The van der Waals surface area contributed by atoms with Crippen LogP contribution in [-0.2, 0) is 9.53 Å². The number of carbonyl (C=O) groups excluding carboxylic acids is 1. The Morgan fingerprint density at radius 1 is 1.25 bits per heavy atom. The van der Waals surface area contributed by atoms with Crippen molar-refractivity contribution in [3.63, 3.8) is 0 Å². The molecule has 0 fully saturated rings. The van der Waals surface area contributed by atoms with E-state index in [4.69, 9.17) is 9.47 Å².